The highest BCUT2D eigenvalue weighted by Crippen LogP contribution is 1.88. The van der Waals surface area contributed by atoms with Crippen LogP contribution in [0.3, 0.4) is 0 Å². The smallest absolute Gasteiger partial charge is 0.255 e. The maximum atomic E-state index is 11.2. The molecule has 0 saturated carbocycles. The van der Waals surface area contributed by atoms with Crippen molar-refractivity contribution in [3.63, 3.8) is 0 Å². The normalized spacial score (nSPS) is 8.38. The van der Waals surface area contributed by atoms with E-state index < -0.39 is 0 Å². The molecular formula is C13H25NO2. The van der Waals surface area contributed by atoms with Gasteiger partial charge in [-0.2, -0.15) is 0 Å². The van der Waals surface area contributed by atoms with Crippen LogP contribution in [0.5, 0.6) is 0 Å². The van der Waals surface area contributed by atoms with Crippen molar-refractivity contribution in [3.8, 4) is 0 Å². The van der Waals surface area contributed by atoms with Crippen molar-refractivity contribution >= 4 is 0 Å². The minimum atomic E-state index is 0.00866. The number of pyridine rings is 1. The van der Waals surface area contributed by atoms with Gasteiger partial charge in [-0.15, -0.1) is 0 Å². The van der Waals surface area contributed by atoms with Crippen LogP contribution in [0.1, 0.15) is 39.7 Å². The molecule has 0 aliphatic rings. The van der Waals surface area contributed by atoms with Gasteiger partial charge in [-0.1, -0.05) is 40.2 Å². The van der Waals surface area contributed by atoms with E-state index in [1.54, 1.807) is 26.3 Å². The first-order chi connectivity index (χ1) is 7.67. The Morgan fingerprint density at radius 3 is 2.25 bits per heavy atom. The fourth-order valence-corrected chi connectivity index (χ4v) is 0.898. The summed E-state index contributed by atoms with van der Waals surface area (Å²) in [6, 6.07) is 3.62. The lowest BCUT2D eigenvalue weighted by Crippen LogP contribution is -2.21. The second kappa shape index (κ2) is 12.0. The average molecular weight is 227 g/mol. The van der Waals surface area contributed by atoms with Crippen LogP contribution in [-0.4, -0.2) is 11.7 Å². The third kappa shape index (κ3) is 7.23. The first-order valence-corrected chi connectivity index (χ1v) is 5.82. The second-order valence-electron chi connectivity index (χ2n) is 3.09. The van der Waals surface area contributed by atoms with Gasteiger partial charge in [0.15, 0.2) is 0 Å². The summed E-state index contributed by atoms with van der Waals surface area (Å²) in [4.78, 5) is 11.2. The van der Waals surface area contributed by atoms with Crippen molar-refractivity contribution < 1.29 is 4.74 Å². The molecule has 1 heterocycles. The van der Waals surface area contributed by atoms with Gasteiger partial charge in [-0.3, -0.25) is 9.36 Å². The fourth-order valence-electron chi connectivity index (χ4n) is 0.898. The van der Waals surface area contributed by atoms with Gasteiger partial charge < -0.3 is 4.74 Å². The summed E-state index contributed by atoms with van der Waals surface area (Å²) in [7, 11) is 1.56. The van der Waals surface area contributed by atoms with E-state index in [0.29, 0.717) is 6.73 Å². The van der Waals surface area contributed by atoms with Crippen molar-refractivity contribution in [2.45, 2.75) is 47.8 Å². The summed E-state index contributed by atoms with van der Waals surface area (Å²) in [5.41, 5.74) is 0.749. The molecule has 3 heteroatoms. The first kappa shape index (κ1) is 17.3. The largest absolute Gasteiger partial charge is 0.364 e. The molecule has 0 amide bonds. The highest BCUT2D eigenvalue weighted by Gasteiger charge is 1.95. The fraction of sp³-hybridized carbons (Fsp3) is 0.615. The van der Waals surface area contributed by atoms with E-state index in [2.05, 4.69) is 13.8 Å². The van der Waals surface area contributed by atoms with Gasteiger partial charge in [0.05, 0.1) is 0 Å². The van der Waals surface area contributed by atoms with E-state index >= 15 is 0 Å². The SMILES string of the molecule is CC.CCC.COCn1cccc(C)c1=O. The van der Waals surface area contributed by atoms with E-state index in [-0.39, 0.29) is 5.56 Å². The number of aromatic nitrogens is 1. The van der Waals surface area contributed by atoms with E-state index in [1.165, 1.54) is 11.0 Å². The lowest BCUT2D eigenvalue weighted by Gasteiger charge is -2.03. The molecule has 0 saturated heterocycles. The first-order valence-electron chi connectivity index (χ1n) is 5.82. The Morgan fingerprint density at radius 2 is 1.81 bits per heavy atom. The van der Waals surface area contributed by atoms with Crippen LogP contribution in [0.25, 0.3) is 0 Å². The summed E-state index contributed by atoms with van der Waals surface area (Å²) >= 11 is 0. The Morgan fingerprint density at radius 1 is 1.31 bits per heavy atom. The summed E-state index contributed by atoms with van der Waals surface area (Å²) in [6.45, 7) is 10.4. The molecule has 94 valence electrons. The second-order valence-corrected chi connectivity index (χ2v) is 3.09. The zero-order valence-corrected chi connectivity index (χ0v) is 11.4. The Labute approximate surface area is 99.1 Å². The number of nitrogens with zero attached hydrogens (tertiary/aromatic N) is 1. The standard InChI is InChI=1S/C8H11NO2.C3H8.C2H6/c1-7-4-3-5-9(6-11-2)8(7)10;1-3-2;1-2/h3-5H,6H2,1-2H3;3H2,1-2H3;1-2H3. The van der Waals surface area contributed by atoms with E-state index in [0.717, 1.165) is 5.56 Å². The molecule has 16 heavy (non-hydrogen) atoms. The lowest BCUT2D eigenvalue weighted by molar-refractivity contribution is 0.128. The predicted molar refractivity (Wildman–Crippen MR) is 69.8 cm³/mol. The minimum absolute atomic E-state index is 0.00866. The van der Waals surface area contributed by atoms with Crippen molar-refractivity contribution in [1.29, 1.82) is 0 Å². The highest BCUT2D eigenvalue weighted by molar-refractivity contribution is 5.07. The summed E-state index contributed by atoms with van der Waals surface area (Å²) in [6.07, 6.45) is 2.96. The summed E-state index contributed by atoms with van der Waals surface area (Å²) < 4.78 is 6.35. The molecule has 1 aromatic heterocycles. The van der Waals surface area contributed by atoms with Crippen molar-refractivity contribution in [2.75, 3.05) is 7.11 Å². The van der Waals surface area contributed by atoms with Gasteiger partial charge in [-0.25, -0.2) is 0 Å². The zero-order chi connectivity index (χ0) is 13.0. The molecule has 0 aliphatic heterocycles. The molecule has 0 N–H and O–H groups in total. The molecule has 3 nitrogen and oxygen atoms in total. The number of hydrogen-bond acceptors (Lipinski definition) is 2. The van der Waals surface area contributed by atoms with Crippen molar-refractivity contribution in [1.82, 2.24) is 4.57 Å². The molecular weight excluding hydrogens is 202 g/mol. The van der Waals surface area contributed by atoms with Crippen LogP contribution in [0, 0.1) is 6.92 Å². The molecule has 1 aromatic rings. The number of ether oxygens (including phenoxy) is 1. The number of aryl methyl sites for hydroxylation is 1. The average Bonchev–Trinajstić information content (AvgIpc) is 2.29. The Hall–Kier alpha value is -1.09. The van der Waals surface area contributed by atoms with Crippen LogP contribution >= 0.6 is 0 Å². The number of rotatable bonds is 2. The maximum Gasteiger partial charge on any atom is 0.255 e. The molecule has 0 fully saturated rings. The molecule has 1 rings (SSSR count). The lowest BCUT2D eigenvalue weighted by atomic mass is 10.3. The maximum absolute atomic E-state index is 11.2. The third-order valence-electron chi connectivity index (χ3n) is 1.48. The number of hydrogen-bond donors (Lipinski definition) is 0. The van der Waals surface area contributed by atoms with Crippen LogP contribution in [0.2, 0.25) is 0 Å². The Bertz CT molecular complexity index is 305. The van der Waals surface area contributed by atoms with E-state index in [9.17, 15) is 4.79 Å². The monoisotopic (exact) mass is 227 g/mol. The van der Waals surface area contributed by atoms with E-state index in [4.69, 9.17) is 4.74 Å². The predicted octanol–water partition coefficient (Wildman–Crippen LogP) is 3.20. The van der Waals surface area contributed by atoms with Gasteiger partial charge in [0.1, 0.15) is 6.73 Å². The molecule has 0 bridgehead atoms. The summed E-state index contributed by atoms with van der Waals surface area (Å²) in [5.74, 6) is 0. The molecule has 0 radical (unpaired) electrons. The Balaban J connectivity index is 0. The molecule has 0 spiro atoms. The summed E-state index contributed by atoms with van der Waals surface area (Å²) in [5, 5.41) is 0. The zero-order valence-electron chi connectivity index (χ0n) is 11.4. The van der Waals surface area contributed by atoms with Crippen LogP contribution in [0.4, 0.5) is 0 Å². The van der Waals surface area contributed by atoms with E-state index in [1.807, 2.05) is 19.9 Å². The van der Waals surface area contributed by atoms with Gasteiger partial charge in [-0.05, 0) is 13.0 Å². The highest BCUT2D eigenvalue weighted by atomic mass is 16.5. The Kier molecular flexibility index (Phi) is 13.0. The van der Waals surface area contributed by atoms with Gasteiger partial charge in [0.25, 0.3) is 5.56 Å². The molecule has 0 atom stereocenters. The topological polar surface area (TPSA) is 31.2 Å². The van der Waals surface area contributed by atoms with Gasteiger partial charge in [0.2, 0.25) is 0 Å². The van der Waals surface area contributed by atoms with Gasteiger partial charge >= 0.3 is 0 Å². The molecule has 0 unspecified atom stereocenters. The number of methoxy groups -OCH3 is 1. The van der Waals surface area contributed by atoms with Crippen molar-refractivity contribution in [2.24, 2.45) is 0 Å². The molecule has 0 aromatic carbocycles. The quantitative estimate of drug-likeness (QED) is 0.777. The van der Waals surface area contributed by atoms with Crippen LogP contribution < -0.4 is 5.56 Å². The minimum Gasteiger partial charge on any atom is -0.364 e. The van der Waals surface area contributed by atoms with Gasteiger partial charge in [0, 0.05) is 18.9 Å². The van der Waals surface area contributed by atoms with Crippen LogP contribution in [0.15, 0.2) is 23.1 Å². The van der Waals surface area contributed by atoms with Crippen molar-refractivity contribution in [3.05, 3.63) is 34.2 Å². The molecule has 0 aliphatic carbocycles. The third-order valence-corrected chi connectivity index (χ3v) is 1.48. The van der Waals surface area contributed by atoms with Crippen LogP contribution in [-0.2, 0) is 11.5 Å².